The standard InChI is InChI=1S/C31H26FN7/c1-18(19-6-2-3-7-19)36-22-12-20(15-33-17-22)21-13-25-30(38-39-31(25)35-16-21)28-14-24-27(37-28)10-11-34-29(24)23-8-4-5-9-26(23)32/h4-5,8-17,19,36-37H,1-3,6-7H2,(H,35,38,39). The minimum atomic E-state index is -0.307. The minimum Gasteiger partial charge on any atom is -0.358 e. The summed E-state index contributed by atoms with van der Waals surface area (Å²) >= 11 is 0. The van der Waals surface area contributed by atoms with Crippen molar-refractivity contribution >= 4 is 27.6 Å². The Morgan fingerprint density at radius 2 is 1.79 bits per heavy atom. The van der Waals surface area contributed by atoms with Crippen molar-refractivity contribution in [1.29, 1.82) is 0 Å². The molecule has 1 aliphatic rings. The Labute approximate surface area is 224 Å². The molecule has 0 spiro atoms. The fourth-order valence-corrected chi connectivity index (χ4v) is 5.55. The Morgan fingerprint density at radius 1 is 0.949 bits per heavy atom. The maximum atomic E-state index is 14.6. The Hall–Kier alpha value is -4.85. The average Bonchev–Trinajstić information content (AvgIpc) is 3.73. The van der Waals surface area contributed by atoms with Gasteiger partial charge >= 0.3 is 0 Å². The van der Waals surface area contributed by atoms with E-state index in [2.05, 4.69) is 54.2 Å². The van der Waals surface area contributed by atoms with Gasteiger partial charge in [-0.05, 0) is 55.2 Å². The quantitative estimate of drug-likeness (QED) is 0.214. The van der Waals surface area contributed by atoms with Crippen LogP contribution in [0.1, 0.15) is 25.7 Å². The van der Waals surface area contributed by atoms with Crippen LogP contribution in [0, 0.1) is 11.7 Å². The van der Waals surface area contributed by atoms with E-state index in [1.54, 1.807) is 18.3 Å². The van der Waals surface area contributed by atoms with E-state index < -0.39 is 0 Å². The molecule has 0 bridgehead atoms. The number of anilines is 1. The highest BCUT2D eigenvalue weighted by atomic mass is 19.1. The molecule has 5 heterocycles. The fourth-order valence-electron chi connectivity index (χ4n) is 5.55. The zero-order valence-corrected chi connectivity index (χ0v) is 21.2. The number of hydrogen-bond acceptors (Lipinski definition) is 5. The number of nitrogens with zero attached hydrogens (tertiary/aromatic N) is 4. The van der Waals surface area contributed by atoms with Crippen LogP contribution in [0.4, 0.5) is 10.1 Å². The van der Waals surface area contributed by atoms with Gasteiger partial charge in [0.25, 0.3) is 0 Å². The van der Waals surface area contributed by atoms with Gasteiger partial charge in [-0.2, -0.15) is 5.10 Å². The Kier molecular flexibility index (Phi) is 5.65. The van der Waals surface area contributed by atoms with E-state index in [0.717, 1.165) is 50.2 Å². The van der Waals surface area contributed by atoms with Crippen LogP contribution in [-0.4, -0.2) is 30.1 Å². The largest absolute Gasteiger partial charge is 0.358 e. The second-order valence-corrected chi connectivity index (χ2v) is 10.1. The third kappa shape index (κ3) is 4.24. The molecule has 0 unspecified atom stereocenters. The van der Waals surface area contributed by atoms with Gasteiger partial charge in [0.15, 0.2) is 5.65 Å². The molecular formula is C31H26FN7. The minimum absolute atomic E-state index is 0.307. The first kappa shape index (κ1) is 23.3. The summed E-state index contributed by atoms with van der Waals surface area (Å²) in [4.78, 5) is 17.0. The average molecular weight is 516 g/mol. The summed E-state index contributed by atoms with van der Waals surface area (Å²) in [5.74, 6) is 0.212. The Balaban J connectivity index is 1.25. The van der Waals surface area contributed by atoms with E-state index in [4.69, 9.17) is 0 Å². The summed E-state index contributed by atoms with van der Waals surface area (Å²) < 4.78 is 14.6. The zero-order valence-electron chi connectivity index (χ0n) is 21.2. The SMILES string of the molecule is C=C(Nc1cncc(-c2cnc3n[nH]c(-c4cc5c(-c6ccccc6F)nccc5[nH]4)c3c2)c1)C1CCCC1. The number of halogens is 1. The molecule has 7 rings (SSSR count). The zero-order chi connectivity index (χ0) is 26.3. The first-order chi connectivity index (χ1) is 19.1. The maximum absolute atomic E-state index is 14.6. The van der Waals surface area contributed by atoms with Crippen LogP contribution in [0.2, 0.25) is 0 Å². The van der Waals surface area contributed by atoms with E-state index in [9.17, 15) is 4.39 Å². The van der Waals surface area contributed by atoms with Crippen molar-refractivity contribution in [2.75, 3.05) is 5.32 Å². The number of rotatable bonds is 6. The normalized spacial score (nSPS) is 13.9. The third-order valence-corrected chi connectivity index (χ3v) is 7.58. The molecule has 1 fully saturated rings. The monoisotopic (exact) mass is 515 g/mol. The van der Waals surface area contributed by atoms with Crippen molar-refractivity contribution in [1.82, 2.24) is 30.1 Å². The van der Waals surface area contributed by atoms with Crippen LogP contribution in [0.15, 0.2) is 85.6 Å². The third-order valence-electron chi connectivity index (χ3n) is 7.58. The molecule has 39 heavy (non-hydrogen) atoms. The van der Waals surface area contributed by atoms with Gasteiger partial charge in [0, 0.05) is 57.3 Å². The number of pyridine rings is 3. The Morgan fingerprint density at radius 3 is 2.67 bits per heavy atom. The summed E-state index contributed by atoms with van der Waals surface area (Å²) in [5.41, 5.74) is 7.98. The second kappa shape index (κ2) is 9.47. The molecule has 0 atom stereocenters. The van der Waals surface area contributed by atoms with Crippen molar-refractivity contribution in [2.24, 2.45) is 5.92 Å². The lowest BCUT2D eigenvalue weighted by atomic mass is 10.0. The number of fused-ring (bicyclic) bond motifs is 2. The van der Waals surface area contributed by atoms with Crippen LogP contribution in [0.5, 0.6) is 0 Å². The Bertz CT molecular complexity index is 1850. The van der Waals surface area contributed by atoms with Crippen LogP contribution in [0.25, 0.3) is 55.7 Å². The summed E-state index contributed by atoms with van der Waals surface area (Å²) in [6.07, 6.45) is 12.1. The summed E-state index contributed by atoms with van der Waals surface area (Å²) in [5, 5.41) is 12.7. The highest BCUT2D eigenvalue weighted by Crippen LogP contribution is 2.35. The van der Waals surface area contributed by atoms with Gasteiger partial charge in [0.05, 0.1) is 29.0 Å². The van der Waals surface area contributed by atoms with Gasteiger partial charge in [-0.15, -0.1) is 0 Å². The molecule has 8 heteroatoms. The predicted octanol–water partition coefficient (Wildman–Crippen LogP) is 7.49. The fraction of sp³-hybridized carbons (Fsp3) is 0.161. The van der Waals surface area contributed by atoms with E-state index in [1.807, 2.05) is 36.8 Å². The lowest BCUT2D eigenvalue weighted by Gasteiger charge is -2.15. The topological polar surface area (TPSA) is 95.2 Å². The molecule has 1 aliphatic carbocycles. The van der Waals surface area contributed by atoms with Crippen LogP contribution >= 0.6 is 0 Å². The molecule has 1 saturated carbocycles. The van der Waals surface area contributed by atoms with Gasteiger partial charge in [0.1, 0.15) is 5.82 Å². The highest BCUT2D eigenvalue weighted by Gasteiger charge is 2.19. The first-order valence-corrected chi connectivity index (χ1v) is 13.1. The predicted molar refractivity (Wildman–Crippen MR) is 152 cm³/mol. The van der Waals surface area contributed by atoms with Crippen molar-refractivity contribution in [2.45, 2.75) is 25.7 Å². The number of aromatic nitrogens is 6. The van der Waals surface area contributed by atoms with Gasteiger partial charge in [-0.3, -0.25) is 15.1 Å². The van der Waals surface area contributed by atoms with Crippen molar-refractivity contribution in [3.8, 4) is 33.8 Å². The molecule has 3 N–H and O–H groups in total. The molecule has 7 nitrogen and oxygen atoms in total. The molecule has 0 saturated heterocycles. The number of aromatic amines is 2. The lowest BCUT2D eigenvalue weighted by molar-refractivity contribution is 0.631. The molecule has 1 aromatic carbocycles. The molecule has 6 aromatic rings. The van der Waals surface area contributed by atoms with E-state index in [0.29, 0.717) is 22.8 Å². The molecular weight excluding hydrogens is 489 g/mol. The maximum Gasteiger partial charge on any atom is 0.181 e. The van der Waals surface area contributed by atoms with E-state index in [1.165, 1.54) is 31.7 Å². The lowest BCUT2D eigenvalue weighted by Crippen LogP contribution is -2.07. The molecule has 0 radical (unpaired) electrons. The molecule has 0 aliphatic heterocycles. The number of allylic oxidation sites excluding steroid dienone is 1. The van der Waals surface area contributed by atoms with Crippen LogP contribution in [0.3, 0.4) is 0 Å². The van der Waals surface area contributed by atoms with E-state index >= 15 is 0 Å². The number of nitrogens with one attached hydrogen (secondary N) is 3. The molecule has 192 valence electrons. The smallest absolute Gasteiger partial charge is 0.181 e. The van der Waals surface area contributed by atoms with Crippen LogP contribution in [-0.2, 0) is 0 Å². The summed E-state index contributed by atoms with van der Waals surface area (Å²) in [7, 11) is 0. The number of hydrogen-bond donors (Lipinski definition) is 3. The second-order valence-electron chi connectivity index (χ2n) is 10.1. The molecule has 0 amide bonds. The van der Waals surface area contributed by atoms with Crippen LogP contribution < -0.4 is 5.32 Å². The highest BCUT2D eigenvalue weighted by molar-refractivity contribution is 6.00. The van der Waals surface area contributed by atoms with Gasteiger partial charge in [0.2, 0.25) is 0 Å². The molecule has 5 aromatic heterocycles. The van der Waals surface area contributed by atoms with Crippen molar-refractivity contribution < 1.29 is 4.39 Å². The van der Waals surface area contributed by atoms with E-state index in [-0.39, 0.29) is 5.82 Å². The van der Waals surface area contributed by atoms with Crippen molar-refractivity contribution in [3.63, 3.8) is 0 Å². The van der Waals surface area contributed by atoms with Gasteiger partial charge in [-0.1, -0.05) is 31.6 Å². The van der Waals surface area contributed by atoms with Gasteiger partial charge < -0.3 is 10.3 Å². The first-order valence-electron chi connectivity index (χ1n) is 13.1. The summed E-state index contributed by atoms with van der Waals surface area (Å²) in [6.45, 7) is 4.27. The number of benzene rings is 1. The van der Waals surface area contributed by atoms with Gasteiger partial charge in [-0.25, -0.2) is 9.37 Å². The van der Waals surface area contributed by atoms with Crippen molar-refractivity contribution in [3.05, 3.63) is 91.4 Å². The number of H-pyrrole nitrogens is 2. The summed E-state index contributed by atoms with van der Waals surface area (Å²) in [6, 6.07) is 14.7.